The molecule has 3 heteroatoms. The molecular formula is C12H27N3. The summed E-state index contributed by atoms with van der Waals surface area (Å²) in [4.78, 5) is 2.58. The molecule has 3 atom stereocenters. The summed E-state index contributed by atoms with van der Waals surface area (Å²) in [6.07, 6.45) is 1.24. The third-order valence-electron chi connectivity index (χ3n) is 3.48. The largest absolute Gasteiger partial charge is 0.314 e. The van der Waals surface area contributed by atoms with E-state index in [0.29, 0.717) is 24.2 Å². The SMILES string of the molecule is CCC(C)N1C[C@@H](NC)[C@H](NC(C)C)C1. The highest BCUT2D eigenvalue weighted by Gasteiger charge is 2.33. The number of hydrogen-bond donors (Lipinski definition) is 2. The molecule has 1 heterocycles. The van der Waals surface area contributed by atoms with Crippen LogP contribution in [0.15, 0.2) is 0 Å². The van der Waals surface area contributed by atoms with Gasteiger partial charge in [-0.2, -0.15) is 0 Å². The predicted octanol–water partition coefficient (Wildman–Crippen LogP) is 1.06. The molecule has 1 aliphatic heterocycles. The van der Waals surface area contributed by atoms with Crippen molar-refractivity contribution in [3.63, 3.8) is 0 Å². The highest BCUT2D eigenvalue weighted by Crippen LogP contribution is 2.15. The molecule has 15 heavy (non-hydrogen) atoms. The van der Waals surface area contributed by atoms with Gasteiger partial charge in [0.05, 0.1) is 0 Å². The van der Waals surface area contributed by atoms with Crippen molar-refractivity contribution in [2.45, 2.75) is 58.3 Å². The molecule has 0 spiro atoms. The summed E-state index contributed by atoms with van der Waals surface area (Å²) < 4.78 is 0. The normalized spacial score (nSPS) is 30.0. The van der Waals surface area contributed by atoms with E-state index in [9.17, 15) is 0 Å². The summed E-state index contributed by atoms with van der Waals surface area (Å²) >= 11 is 0. The summed E-state index contributed by atoms with van der Waals surface area (Å²) in [6.45, 7) is 11.4. The standard InChI is InChI=1S/C12H27N3/c1-6-10(4)15-7-11(13-5)12(8-15)14-9(2)3/h9-14H,6-8H2,1-5H3/t10?,11-,12-/m1/s1. The summed E-state index contributed by atoms with van der Waals surface area (Å²) in [5.74, 6) is 0. The van der Waals surface area contributed by atoms with E-state index in [1.807, 2.05) is 0 Å². The Morgan fingerprint density at radius 2 is 1.80 bits per heavy atom. The van der Waals surface area contributed by atoms with E-state index in [2.05, 4.69) is 50.3 Å². The van der Waals surface area contributed by atoms with Crippen molar-refractivity contribution in [2.75, 3.05) is 20.1 Å². The van der Waals surface area contributed by atoms with Crippen LogP contribution in [0.25, 0.3) is 0 Å². The molecule has 1 saturated heterocycles. The lowest BCUT2D eigenvalue weighted by atomic mass is 10.1. The second-order valence-corrected chi connectivity index (χ2v) is 5.03. The van der Waals surface area contributed by atoms with Gasteiger partial charge in [0.2, 0.25) is 0 Å². The minimum atomic E-state index is 0.572. The Bertz CT molecular complexity index is 182. The molecule has 2 N–H and O–H groups in total. The van der Waals surface area contributed by atoms with Crippen molar-refractivity contribution >= 4 is 0 Å². The Labute approximate surface area is 94.6 Å². The molecule has 1 aliphatic rings. The first kappa shape index (κ1) is 12.9. The number of nitrogens with zero attached hydrogens (tertiary/aromatic N) is 1. The molecule has 3 nitrogen and oxygen atoms in total. The van der Waals surface area contributed by atoms with Crippen molar-refractivity contribution in [2.24, 2.45) is 0 Å². The van der Waals surface area contributed by atoms with Crippen molar-refractivity contribution in [1.29, 1.82) is 0 Å². The summed E-state index contributed by atoms with van der Waals surface area (Å²) in [5, 5.41) is 7.07. The van der Waals surface area contributed by atoms with Crippen LogP contribution in [0.3, 0.4) is 0 Å². The maximum absolute atomic E-state index is 3.65. The van der Waals surface area contributed by atoms with E-state index >= 15 is 0 Å². The Morgan fingerprint density at radius 1 is 1.20 bits per heavy atom. The molecule has 0 radical (unpaired) electrons. The zero-order chi connectivity index (χ0) is 11.4. The monoisotopic (exact) mass is 213 g/mol. The second kappa shape index (κ2) is 5.83. The molecule has 1 fully saturated rings. The van der Waals surface area contributed by atoms with Gasteiger partial charge < -0.3 is 10.6 Å². The van der Waals surface area contributed by atoms with Gasteiger partial charge in [0.15, 0.2) is 0 Å². The fourth-order valence-electron chi connectivity index (χ4n) is 2.34. The van der Waals surface area contributed by atoms with E-state index in [4.69, 9.17) is 0 Å². The maximum atomic E-state index is 3.65. The summed E-state index contributed by atoms with van der Waals surface area (Å²) in [7, 11) is 2.07. The average molecular weight is 213 g/mol. The summed E-state index contributed by atoms with van der Waals surface area (Å²) in [5.41, 5.74) is 0. The smallest absolute Gasteiger partial charge is 0.0363 e. The van der Waals surface area contributed by atoms with E-state index in [1.54, 1.807) is 0 Å². The molecule has 0 aromatic rings. The molecule has 0 amide bonds. The Hall–Kier alpha value is -0.120. The molecule has 1 rings (SSSR count). The highest BCUT2D eigenvalue weighted by atomic mass is 15.3. The van der Waals surface area contributed by atoms with Crippen molar-refractivity contribution in [3.05, 3.63) is 0 Å². The van der Waals surface area contributed by atoms with Crippen molar-refractivity contribution < 1.29 is 0 Å². The van der Waals surface area contributed by atoms with Gasteiger partial charge in [0.1, 0.15) is 0 Å². The van der Waals surface area contributed by atoms with Crippen molar-refractivity contribution in [1.82, 2.24) is 15.5 Å². The van der Waals surface area contributed by atoms with Crippen LogP contribution in [-0.4, -0.2) is 49.2 Å². The van der Waals surface area contributed by atoms with Gasteiger partial charge in [-0.1, -0.05) is 20.8 Å². The Morgan fingerprint density at radius 3 is 2.27 bits per heavy atom. The van der Waals surface area contributed by atoms with Gasteiger partial charge in [0, 0.05) is 37.3 Å². The molecule has 0 saturated carbocycles. The highest BCUT2D eigenvalue weighted by molar-refractivity contribution is 4.95. The topological polar surface area (TPSA) is 27.3 Å². The van der Waals surface area contributed by atoms with Crippen LogP contribution in [0.1, 0.15) is 34.1 Å². The van der Waals surface area contributed by atoms with Crippen LogP contribution in [0.4, 0.5) is 0 Å². The number of likely N-dealkylation sites (tertiary alicyclic amines) is 1. The van der Waals surface area contributed by atoms with Crippen LogP contribution < -0.4 is 10.6 Å². The number of nitrogens with one attached hydrogen (secondary N) is 2. The first-order chi connectivity index (χ1) is 7.08. The molecule has 1 unspecified atom stereocenters. The lowest BCUT2D eigenvalue weighted by Crippen LogP contribution is -2.48. The van der Waals surface area contributed by atoms with Gasteiger partial charge in [-0.25, -0.2) is 0 Å². The maximum Gasteiger partial charge on any atom is 0.0363 e. The molecule has 0 aromatic carbocycles. The fraction of sp³-hybridized carbons (Fsp3) is 1.00. The lowest BCUT2D eigenvalue weighted by molar-refractivity contribution is 0.243. The van der Waals surface area contributed by atoms with Gasteiger partial charge in [0.25, 0.3) is 0 Å². The Balaban J connectivity index is 2.50. The third kappa shape index (κ3) is 3.44. The molecule has 0 aromatic heterocycles. The van der Waals surface area contributed by atoms with Crippen LogP contribution in [0, 0.1) is 0 Å². The minimum absolute atomic E-state index is 0.572. The first-order valence-electron chi connectivity index (χ1n) is 6.25. The molecule has 0 bridgehead atoms. The zero-order valence-electron chi connectivity index (χ0n) is 10.9. The predicted molar refractivity (Wildman–Crippen MR) is 66.2 cm³/mol. The number of likely N-dealkylation sites (N-methyl/N-ethyl adjacent to an activating group) is 1. The van der Waals surface area contributed by atoms with Gasteiger partial charge >= 0.3 is 0 Å². The number of rotatable bonds is 5. The van der Waals surface area contributed by atoms with Gasteiger partial charge in [-0.3, -0.25) is 4.90 Å². The third-order valence-corrected chi connectivity index (χ3v) is 3.48. The van der Waals surface area contributed by atoms with E-state index in [1.165, 1.54) is 19.5 Å². The second-order valence-electron chi connectivity index (χ2n) is 5.03. The fourth-order valence-corrected chi connectivity index (χ4v) is 2.34. The average Bonchev–Trinajstić information content (AvgIpc) is 2.59. The molecular weight excluding hydrogens is 186 g/mol. The molecule has 0 aliphatic carbocycles. The first-order valence-corrected chi connectivity index (χ1v) is 6.25. The zero-order valence-corrected chi connectivity index (χ0v) is 10.9. The van der Waals surface area contributed by atoms with Gasteiger partial charge in [-0.15, -0.1) is 0 Å². The number of hydrogen-bond acceptors (Lipinski definition) is 3. The van der Waals surface area contributed by atoms with E-state index < -0.39 is 0 Å². The quantitative estimate of drug-likeness (QED) is 0.715. The minimum Gasteiger partial charge on any atom is -0.314 e. The van der Waals surface area contributed by atoms with E-state index in [-0.39, 0.29) is 0 Å². The Kier molecular flexibility index (Phi) is 5.03. The van der Waals surface area contributed by atoms with Crippen molar-refractivity contribution in [3.8, 4) is 0 Å². The summed E-state index contributed by atoms with van der Waals surface area (Å²) in [6, 6.07) is 2.48. The van der Waals surface area contributed by atoms with Crippen LogP contribution in [0.5, 0.6) is 0 Å². The lowest BCUT2D eigenvalue weighted by Gasteiger charge is -2.23. The van der Waals surface area contributed by atoms with Crippen LogP contribution in [0.2, 0.25) is 0 Å². The molecule has 90 valence electrons. The van der Waals surface area contributed by atoms with Crippen LogP contribution >= 0.6 is 0 Å². The van der Waals surface area contributed by atoms with Gasteiger partial charge in [-0.05, 0) is 20.4 Å². The van der Waals surface area contributed by atoms with Crippen LogP contribution in [-0.2, 0) is 0 Å². The van der Waals surface area contributed by atoms with E-state index in [0.717, 1.165) is 0 Å².